The van der Waals surface area contributed by atoms with Crippen LogP contribution in [0.15, 0.2) is 52.0 Å². The van der Waals surface area contributed by atoms with Gasteiger partial charge >= 0.3 is 0 Å². The largest absolute Gasteiger partial charge is 0.419 e. The molecule has 0 bridgehead atoms. The first-order valence-electron chi connectivity index (χ1n) is 7.81. The number of thioether (sulfide) groups is 1. The molecule has 0 aliphatic heterocycles. The Balaban J connectivity index is 1.55. The Morgan fingerprint density at radius 3 is 2.88 bits per heavy atom. The van der Waals surface area contributed by atoms with E-state index in [1.807, 2.05) is 56.3 Å². The fourth-order valence-electron chi connectivity index (χ4n) is 2.53. The van der Waals surface area contributed by atoms with Gasteiger partial charge in [-0.25, -0.2) is 4.98 Å². The highest BCUT2D eigenvalue weighted by molar-refractivity contribution is 7.99. The highest BCUT2D eigenvalue weighted by atomic mass is 35.5. The van der Waals surface area contributed by atoms with Crippen LogP contribution in [0.1, 0.15) is 23.6 Å². The van der Waals surface area contributed by atoms with Crippen molar-refractivity contribution in [2.75, 3.05) is 0 Å². The highest BCUT2D eigenvalue weighted by Crippen LogP contribution is 2.34. The van der Waals surface area contributed by atoms with Crippen LogP contribution in [0.4, 0.5) is 0 Å². The third-order valence-corrected chi connectivity index (χ3v) is 4.97. The van der Waals surface area contributed by atoms with Crippen molar-refractivity contribution in [3.63, 3.8) is 0 Å². The molecule has 0 amide bonds. The van der Waals surface area contributed by atoms with E-state index >= 15 is 0 Å². The molecule has 4 rings (SSSR count). The topological polar surface area (TPSA) is 67.6 Å². The van der Waals surface area contributed by atoms with E-state index < -0.39 is 0 Å². The number of benzene rings is 2. The molecular weight excluding hydrogens is 356 g/mol. The molecule has 5 nitrogen and oxygen atoms in total. The van der Waals surface area contributed by atoms with Crippen molar-refractivity contribution in [3.05, 3.63) is 58.9 Å². The number of hydrogen-bond donors (Lipinski definition) is 1. The Hall–Kier alpha value is -2.31. The summed E-state index contributed by atoms with van der Waals surface area (Å²) in [5.41, 5.74) is 3.87. The average Bonchev–Trinajstić information content (AvgIpc) is 3.21. The molecule has 7 heteroatoms. The molecule has 0 fully saturated rings. The Kier molecular flexibility index (Phi) is 4.23. The molecule has 0 aliphatic carbocycles. The van der Waals surface area contributed by atoms with Crippen LogP contribution >= 0.6 is 23.4 Å². The maximum atomic E-state index is 6.01. The second-order valence-electron chi connectivity index (χ2n) is 5.78. The van der Waals surface area contributed by atoms with Gasteiger partial charge in [0.2, 0.25) is 11.8 Å². The minimum absolute atomic E-state index is 0.0258. The fraction of sp³-hybridized carbons (Fsp3) is 0.167. The predicted octanol–water partition coefficient (Wildman–Crippen LogP) is 5.43. The summed E-state index contributed by atoms with van der Waals surface area (Å²) < 4.78 is 5.85. The lowest BCUT2D eigenvalue weighted by Gasteiger charge is -2.03. The maximum Gasteiger partial charge on any atom is 0.247 e. The van der Waals surface area contributed by atoms with Gasteiger partial charge in [-0.1, -0.05) is 41.1 Å². The van der Waals surface area contributed by atoms with Crippen molar-refractivity contribution in [1.82, 2.24) is 20.2 Å². The summed E-state index contributed by atoms with van der Waals surface area (Å²) in [5.74, 6) is 1.10. The van der Waals surface area contributed by atoms with Gasteiger partial charge in [0.1, 0.15) is 0 Å². The molecule has 0 radical (unpaired) electrons. The van der Waals surface area contributed by atoms with Crippen molar-refractivity contribution in [2.24, 2.45) is 0 Å². The Bertz CT molecular complexity index is 1040. The minimum atomic E-state index is -0.0258. The lowest BCUT2D eigenvalue weighted by atomic mass is 10.1. The molecule has 2 aromatic carbocycles. The summed E-state index contributed by atoms with van der Waals surface area (Å²) in [5, 5.41) is 9.80. The molecule has 2 heterocycles. The summed E-state index contributed by atoms with van der Waals surface area (Å²) in [7, 11) is 0. The first-order valence-corrected chi connectivity index (χ1v) is 9.06. The zero-order valence-corrected chi connectivity index (χ0v) is 15.2. The molecule has 1 unspecified atom stereocenters. The molecule has 25 heavy (non-hydrogen) atoms. The lowest BCUT2D eigenvalue weighted by Crippen LogP contribution is -1.89. The third-order valence-electron chi connectivity index (χ3n) is 3.76. The summed E-state index contributed by atoms with van der Waals surface area (Å²) in [6.45, 7) is 4.05. The number of imidazole rings is 1. The normalized spacial score (nSPS) is 12.6. The number of hydrogen-bond acceptors (Lipinski definition) is 5. The van der Waals surface area contributed by atoms with Crippen LogP contribution < -0.4 is 0 Å². The van der Waals surface area contributed by atoms with E-state index in [0.717, 1.165) is 27.3 Å². The van der Waals surface area contributed by atoms with Gasteiger partial charge in [-0.2, -0.15) is 0 Å². The Morgan fingerprint density at radius 2 is 2.04 bits per heavy atom. The van der Waals surface area contributed by atoms with Gasteiger partial charge in [0, 0.05) is 10.6 Å². The van der Waals surface area contributed by atoms with E-state index in [-0.39, 0.29) is 5.25 Å². The SMILES string of the molecule is Cc1cccc(-c2nnc(C(C)Sc3nc4ccc(Cl)cc4[nH]3)o2)c1. The smallest absolute Gasteiger partial charge is 0.247 e. The van der Waals surface area contributed by atoms with Crippen LogP contribution in [0.3, 0.4) is 0 Å². The van der Waals surface area contributed by atoms with Crippen molar-refractivity contribution in [1.29, 1.82) is 0 Å². The van der Waals surface area contributed by atoms with E-state index in [1.54, 1.807) is 0 Å². The molecule has 0 saturated heterocycles. The standard InChI is InChI=1S/C18H15ClN4OS/c1-10-4-3-5-12(8-10)17-23-22-16(24-17)11(2)25-18-20-14-7-6-13(19)9-15(14)21-18/h3-9,11H,1-2H3,(H,20,21). The Morgan fingerprint density at radius 1 is 1.16 bits per heavy atom. The summed E-state index contributed by atoms with van der Waals surface area (Å²) in [4.78, 5) is 7.82. The molecule has 0 saturated carbocycles. The van der Waals surface area contributed by atoms with Gasteiger partial charge in [0.25, 0.3) is 0 Å². The third kappa shape index (κ3) is 3.41. The van der Waals surface area contributed by atoms with Gasteiger partial charge in [-0.3, -0.25) is 0 Å². The number of aromatic amines is 1. The second kappa shape index (κ2) is 6.54. The van der Waals surface area contributed by atoms with Crippen molar-refractivity contribution in [2.45, 2.75) is 24.3 Å². The number of halogens is 1. The van der Waals surface area contributed by atoms with Crippen molar-refractivity contribution in [3.8, 4) is 11.5 Å². The van der Waals surface area contributed by atoms with Crippen LogP contribution in [-0.4, -0.2) is 20.2 Å². The molecular formula is C18H15ClN4OS. The van der Waals surface area contributed by atoms with Crippen molar-refractivity contribution >= 4 is 34.4 Å². The number of H-pyrrole nitrogens is 1. The fourth-order valence-corrected chi connectivity index (χ4v) is 3.55. The molecule has 1 N–H and O–H groups in total. The van der Waals surface area contributed by atoms with E-state index in [9.17, 15) is 0 Å². The van der Waals surface area contributed by atoms with E-state index in [1.165, 1.54) is 11.8 Å². The van der Waals surface area contributed by atoms with Crippen LogP contribution in [0.25, 0.3) is 22.5 Å². The molecule has 126 valence electrons. The van der Waals surface area contributed by atoms with Gasteiger partial charge in [-0.15, -0.1) is 10.2 Å². The molecule has 1 atom stereocenters. The van der Waals surface area contributed by atoms with E-state index in [2.05, 4.69) is 20.2 Å². The number of aryl methyl sites for hydroxylation is 1. The molecule has 4 aromatic rings. The monoisotopic (exact) mass is 370 g/mol. The number of fused-ring (bicyclic) bond motifs is 1. The van der Waals surface area contributed by atoms with Crippen molar-refractivity contribution < 1.29 is 4.42 Å². The molecule has 0 aliphatic rings. The summed E-state index contributed by atoms with van der Waals surface area (Å²) in [6.07, 6.45) is 0. The number of nitrogens with one attached hydrogen (secondary N) is 1. The quantitative estimate of drug-likeness (QED) is 0.485. The zero-order valence-electron chi connectivity index (χ0n) is 13.7. The maximum absolute atomic E-state index is 6.01. The van der Waals surface area contributed by atoms with Crippen LogP contribution in [0.2, 0.25) is 5.02 Å². The van der Waals surface area contributed by atoms with E-state index in [0.29, 0.717) is 16.8 Å². The van der Waals surface area contributed by atoms with Crippen LogP contribution in [0, 0.1) is 6.92 Å². The predicted molar refractivity (Wildman–Crippen MR) is 99.8 cm³/mol. The van der Waals surface area contributed by atoms with Gasteiger partial charge in [0.05, 0.1) is 16.3 Å². The lowest BCUT2D eigenvalue weighted by molar-refractivity contribution is 0.509. The van der Waals surface area contributed by atoms with E-state index in [4.69, 9.17) is 16.0 Å². The minimum Gasteiger partial charge on any atom is -0.419 e. The Labute approximate surface area is 153 Å². The van der Waals surface area contributed by atoms with Gasteiger partial charge < -0.3 is 9.40 Å². The first-order chi connectivity index (χ1) is 12.1. The first kappa shape index (κ1) is 16.2. The highest BCUT2D eigenvalue weighted by Gasteiger charge is 2.18. The van der Waals surface area contributed by atoms with Gasteiger partial charge in [0.15, 0.2) is 5.16 Å². The van der Waals surface area contributed by atoms with Crippen LogP contribution in [-0.2, 0) is 0 Å². The average molecular weight is 371 g/mol. The summed E-state index contributed by atoms with van der Waals surface area (Å²) >= 11 is 7.55. The summed E-state index contributed by atoms with van der Waals surface area (Å²) in [6, 6.07) is 13.6. The number of nitrogens with zero attached hydrogens (tertiary/aromatic N) is 3. The van der Waals surface area contributed by atoms with Gasteiger partial charge in [-0.05, 0) is 44.2 Å². The second-order valence-corrected chi connectivity index (χ2v) is 7.54. The number of rotatable bonds is 4. The zero-order chi connectivity index (χ0) is 17.4. The number of aromatic nitrogens is 4. The molecule has 0 spiro atoms. The van der Waals surface area contributed by atoms with Crippen LogP contribution in [0.5, 0.6) is 0 Å². The molecule has 2 aromatic heterocycles.